The monoisotopic (exact) mass is 495 g/mol. The number of rotatable bonds is 4. The smallest absolute Gasteiger partial charge is 0.254 e. The van der Waals surface area contributed by atoms with Gasteiger partial charge < -0.3 is 4.90 Å². The van der Waals surface area contributed by atoms with E-state index >= 15 is 0 Å². The molecule has 1 aromatic carbocycles. The molecule has 186 valence electrons. The van der Waals surface area contributed by atoms with Crippen molar-refractivity contribution in [1.29, 1.82) is 0 Å². The minimum Gasteiger partial charge on any atom is -0.336 e. The van der Waals surface area contributed by atoms with Gasteiger partial charge in [0, 0.05) is 44.8 Å². The maximum absolute atomic E-state index is 13.7. The van der Waals surface area contributed by atoms with Crippen LogP contribution in [0, 0.1) is 34.6 Å². The second-order valence-corrected chi connectivity index (χ2v) is 11.9. The third-order valence-electron chi connectivity index (χ3n) is 7.64. The molecule has 35 heavy (non-hydrogen) atoms. The van der Waals surface area contributed by atoms with Crippen molar-refractivity contribution < 1.29 is 13.2 Å². The number of aryl methyl sites for hydroxylation is 4. The van der Waals surface area contributed by atoms with E-state index in [9.17, 15) is 13.2 Å². The lowest BCUT2D eigenvalue weighted by atomic mass is 10.0. The highest BCUT2D eigenvalue weighted by atomic mass is 32.2. The molecule has 0 atom stereocenters. The van der Waals surface area contributed by atoms with E-state index in [1.165, 1.54) is 4.31 Å². The number of piperazine rings is 1. The van der Waals surface area contributed by atoms with Crippen LogP contribution in [-0.4, -0.2) is 64.5 Å². The molecule has 0 radical (unpaired) electrons. The average molecular weight is 496 g/mol. The van der Waals surface area contributed by atoms with E-state index in [1.807, 2.05) is 53.8 Å². The highest BCUT2D eigenvalue weighted by Crippen LogP contribution is 2.40. The molecule has 2 aromatic heterocycles. The summed E-state index contributed by atoms with van der Waals surface area (Å²) in [7, 11) is -1.80. The number of benzene rings is 1. The Bertz CT molecular complexity index is 1440. The van der Waals surface area contributed by atoms with Gasteiger partial charge in [0.25, 0.3) is 5.91 Å². The van der Waals surface area contributed by atoms with Gasteiger partial charge in [-0.1, -0.05) is 6.07 Å². The molecule has 9 heteroatoms. The normalized spacial score (nSPS) is 17.4. The number of sulfonamides is 1. The Morgan fingerprint density at radius 3 is 2.11 bits per heavy atom. The number of aromatic nitrogens is 3. The Balaban J connectivity index is 1.42. The van der Waals surface area contributed by atoms with Gasteiger partial charge in [0.1, 0.15) is 0 Å². The minimum absolute atomic E-state index is 0.0776. The molecule has 1 saturated carbocycles. The van der Waals surface area contributed by atoms with Crippen LogP contribution in [0.5, 0.6) is 0 Å². The summed E-state index contributed by atoms with van der Waals surface area (Å²) < 4.78 is 30.5. The van der Waals surface area contributed by atoms with E-state index in [0.717, 1.165) is 57.5 Å². The predicted octanol–water partition coefficient (Wildman–Crippen LogP) is 3.53. The zero-order chi connectivity index (χ0) is 25.2. The highest BCUT2D eigenvalue weighted by Gasteiger charge is 2.35. The van der Waals surface area contributed by atoms with E-state index in [0.29, 0.717) is 29.5 Å². The first-order valence-corrected chi connectivity index (χ1v) is 13.7. The highest BCUT2D eigenvalue weighted by molar-refractivity contribution is 7.89. The van der Waals surface area contributed by atoms with Crippen LogP contribution in [0.3, 0.4) is 0 Å². The SMILES string of the molecule is Cc1cc(C)c(C)c(S(=O)(=O)N2CCN(C(=O)c3cc(C4CC4)nc4c3c(C)nn4C)CC2)c1C. The lowest BCUT2D eigenvalue weighted by Crippen LogP contribution is -2.50. The van der Waals surface area contributed by atoms with E-state index in [4.69, 9.17) is 4.98 Å². The van der Waals surface area contributed by atoms with Crippen molar-refractivity contribution in [3.05, 3.63) is 51.3 Å². The first-order valence-electron chi connectivity index (χ1n) is 12.2. The minimum atomic E-state index is -3.66. The van der Waals surface area contributed by atoms with Gasteiger partial charge in [-0.15, -0.1) is 0 Å². The maximum Gasteiger partial charge on any atom is 0.254 e. The molecule has 1 aliphatic carbocycles. The summed E-state index contributed by atoms with van der Waals surface area (Å²) in [5.41, 5.74) is 6.63. The third-order valence-corrected chi connectivity index (χ3v) is 9.81. The van der Waals surface area contributed by atoms with E-state index in [-0.39, 0.29) is 19.0 Å². The van der Waals surface area contributed by atoms with Crippen molar-refractivity contribution in [2.24, 2.45) is 7.05 Å². The molecule has 1 aliphatic heterocycles. The van der Waals surface area contributed by atoms with Crippen LogP contribution in [0.2, 0.25) is 0 Å². The molecular formula is C26H33N5O3S. The molecule has 2 aliphatic rings. The second-order valence-electron chi connectivity index (χ2n) is 10.1. The fourth-order valence-corrected chi connectivity index (χ4v) is 7.22. The van der Waals surface area contributed by atoms with Crippen LogP contribution >= 0.6 is 0 Å². The van der Waals surface area contributed by atoms with Gasteiger partial charge in [0.15, 0.2) is 5.65 Å². The van der Waals surface area contributed by atoms with Crippen molar-refractivity contribution in [3.8, 4) is 0 Å². The summed E-state index contributed by atoms with van der Waals surface area (Å²) in [5, 5.41) is 5.29. The Morgan fingerprint density at radius 1 is 0.943 bits per heavy atom. The fourth-order valence-electron chi connectivity index (χ4n) is 5.22. The van der Waals surface area contributed by atoms with Gasteiger partial charge in [-0.05, 0) is 75.8 Å². The van der Waals surface area contributed by atoms with Gasteiger partial charge in [-0.2, -0.15) is 9.40 Å². The lowest BCUT2D eigenvalue weighted by molar-refractivity contribution is 0.0699. The molecule has 1 amide bonds. The fraction of sp³-hybridized carbons (Fsp3) is 0.500. The molecule has 2 fully saturated rings. The van der Waals surface area contributed by atoms with Crippen LogP contribution in [0.4, 0.5) is 0 Å². The van der Waals surface area contributed by atoms with Crippen molar-refractivity contribution in [1.82, 2.24) is 24.0 Å². The quantitative estimate of drug-likeness (QED) is 0.553. The number of hydrogen-bond acceptors (Lipinski definition) is 5. The molecule has 0 unspecified atom stereocenters. The first-order chi connectivity index (χ1) is 16.5. The van der Waals surface area contributed by atoms with Crippen LogP contribution < -0.4 is 0 Å². The van der Waals surface area contributed by atoms with Gasteiger partial charge in [-0.3, -0.25) is 9.48 Å². The molecule has 8 nitrogen and oxygen atoms in total. The summed E-state index contributed by atoms with van der Waals surface area (Å²) >= 11 is 0. The van der Waals surface area contributed by atoms with E-state index < -0.39 is 10.0 Å². The molecule has 5 rings (SSSR count). The number of amides is 1. The zero-order valence-corrected chi connectivity index (χ0v) is 22.2. The summed E-state index contributed by atoms with van der Waals surface area (Å²) in [6, 6.07) is 3.97. The Hall–Kier alpha value is -2.78. The number of carbonyl (C=O) groups excluding carboxylic acids is 1. The Labute approximate surface area is 207 Å². The summed E-state index contributed by atoms with van der Waals surface area (Å²) in [6.45, 7) is 10.8. The summed E-state index contributed by atoms with van der Waals surface area (Å²) in [4.78, 5) is 20.7. The number of nitrogens with zero attached hydrogens (tertiary/aromatic N) is 5. The van der Waals surface area contributed by atoms with Gasteiger partial charge >= 0.3 is 0 Å². The number of carbonyl (C=O) groups is 1. The maximum atomic E-state index is 13.7. The molecule has 0 N–H and O–H groups in total. The lowest BCUT2D eigenvalue weighted by Gasteiger charge is -2.35. The van der Waals surface area contributed by atoms with Crippen molar-refractivity contribution in [3.63, 3.8) is 0 Å². The molecular weight excluding hydrogens is 462 g/mol. The summed E-state index contributed by atoms with van der Waals surface area (Å²) in [6.07, 6.45) is 2.19. The van der Waals surface area contributed by atoms with Gasteiger partial charge in [-0.25, -0.2) is 13.4 Å². The van der Waals surface area contributed by atoms with E-state index in [1.54, 1.807) is 9.58 Å². The molecule has 3 aromatic rings. The number of fused-ring (bicyclic) bond motifs is 1. The first kappa shape index (κ1) is 23.9. The van der Waals surface area contributed by atoms with Crippen molar-refractivity contribution in [2.45, 2.75) is 58.3 Å². The van der Waals surface area contributed by atoms with Crippen LogP contribution in [0.1, 0.15) is 62.8 Å². The third kappa shape index (κ3) is 3.94. The molecule has 3 heterocycles. The van der Waals surface area contributed by atoms with Crippen LogP contribution in [0.25, 0.3) is 11.0 Å². The topological polar surface area (TPSA) is 88.4 Å². The number of hydrogen-bond donors (Lipinski definition) is 0. The van der Waals surface area contributed by atoms with E-state index in [2.05, 4.69) is 5.10 Å². The second kappa shape index (κ2) is 8.41. The zero-order valence-electron chi connectivity index (χ0n) is 21.3. The largest absolute Gasteiger partial charge is 0.336 e. The van der Waals surface area contributed by atoms with Crippen molar-refractivity contribution >= 4 is 27.0 Å². The Kier molecular flexibility index (Phi) is 5.75. The van der Waals surface area contributed by atoms with Crippen LogP contribution in [-0.2, 0) is 17.1 Å². The summed E-state index contributed by atoms with van der Waals surface area (Å²) in [5.74, 6) is 0.332. The molecule has 1 saturated heterocycles. The molecule has 0 spiro atoms. The average Bonchev–Trinajstić information content (AvgIpc) is 3.63. The standard InChI is InChI=1S/C26H33N5O3S/c1-15-13-16(2)18(4)24(17(15)3)35(33,34)31-11-9-30(10-12-31)26(32)21-14-22(20-7-8-20)27-25-23(21)19(5)28-29(25)6/h13-14,20H,7-12H2,1-6H3. The van der Waals surface area contributed by atoms with Crippen LogP contribution in [0.15, 0.2) is 17.0 Å². The van der Waals surface area contributed by atoms with Crippen molar-refractivity contribution in [2.75, 3.05) is 26.2 Å². The molecule has 0 bridgehead atoms. The number of pyridine rings is 1. The van der Waals surface area contributed by atoms with Gasteiger partial charge in [0.05, 0.1) is 21.5 Å². The van der Waals surface area contributed by atoms with Gasteiger partial charge in [0.2, 0.25) is 10.0 Å². The Morgan fingerprint density at radius 2 is 1.54 bits per heavy atom. The predicted molar refractivity (Wildman–Crippen MR) is 135 cm³/mol.